The van der Waals surface area contributed by atoms with Gasteiger partial charge in [0.1, 0.15) is 12.9 Å². The molecule has 0 atom stereocenters. The van der Waals surface area contributed by atoms with Gasteiger partial charge in [0.15, 0.2) is 0 Å². The van der Waals surface area contributed by atoms with E-state index in [-0.39, 0.29) is 5.75 Å². The maximum absolute atomic E-state index is 11.6. The summed E-state index contributed by atoms with van der Waals surface area (Å²) in [6.45, 7) is 9.22. The fourth-order valence-corrected chi connectivity index (χ4v) is 2.21. The summed E-state index contributed by atoms with van der Waals surface area (Å²) in [6, 6.07) is 5.16. The molecule has 0 radical (unpaired) electrons. The molecule has 0 saturated carbocycles. The molecule has 0 fully saturated rings. The average Bonchev–Trinajstić information content (AvgIpc) is 2.11. The van der Waals surface area contributed by atoms with Gasteiger partial charge in [0.25, 0.3) is 0 Å². The molecule has 0 aliphatic carbocycles. The van der Waals surface area contributed by atoms with Crippen molar-refractivity contribution in [3.8, 4) is 5.75 Å². The van der Waals surface area contributed by atoms with Crippen LogP contribution in [0.1, 0.15) is 19.4 Å². The number of hydrogen-bond acceptors (Lipinski definition) is 2. The Kier molecular flexibility index (Phi) is 4.93. The molecule has 0 amide bonds. The zero-order valence-corrected chi connectivity index (χ0v) is 10.4. The van der Waals surface area contributed by atoms with E-state index >= 15 is 0 Å². The van der Waals surface area contributed by atoms with E-state index in [9.17, 15) is 9.67 Å². The van der Waals surface area contributed by atoms with Crippen molar-refractivity contribution < 1.29 is 9.67 Å². The van der Waals surface area contributed by atoms with Gasteiger partial charge in [-0.1, -0.05) is 25.5 Å². The highest BCUT2D eigenvalue weighted by Gasteiger charge is 2.15. The molecule has 1 aromatic carbocycles. The van der Waals surface area contributed by atoms with Crippen LogP contribution in [0.4, 0.5) is 0 Å². The van der Waals surface area contributed by atoms with Crippen molar-refractivity contribution in [2.75, 3.05) is 13.3 Å². The van der Waals surface area contributed by atoms with Gasteiger partial charge < -0.3 is 9.67 Å². The number of aromatic hydroxyl groups is 1. The van der Waals surface area contributed by atoms with E-state index in [2.05, 4.69) is 0 Å². The summed E-state index contributed by atoms with van der Waals surface area (Å²) in [5.74, 6) is 0.133. The monoisotopic (exact) mass is 214 g/mol. The van der Waals surface area contributed by atoms with E-state index in [1.807, 2.05) is 20.8 Å². The standard InChI is InChI=1S/C9H13O2P.C2H6/c1-7-4-5-8(10)9(6-7)12(2,3)11;1-2/h4-6,10H,1-3H3;1-2H3. The summed E-state index contributed by atoms with van der Waals surface area (Å²) in [7, 11) is -2.33. The summed E-state index contributed by atoms with van der Waals surface area (Å²) >= 11 is 0. The Morgan fingerprint density at radius 3 is 2.07 bits per heavy atom. The second-order valence-corrected chi connectivity index (χ2v) is 6.53. The number of benzene rings is 1. The lowest BCUT2D eigenvalue weighted by Gasteiger charge is -2.09. The molecule has 1 N–H and O–H groups in total. The summed E-state index contributed by atoms with van der Waals surface area (Å²) in [4.78, 5) is 0. The van der Waals surface area contributed by atoms with Gasteiger partial charge in [-0.05, 0) is 32.4 Å². The molecular weight excluding hydrogens is 195 g/mol. The first-order valence-electron chi connectivity index (χ1n) is 4.76. The topological polar surface area (TPSA) is 37.3 Å². The van der Waals surface area contributed by atoms with Crippen molar-refractivity contribution in [1.82, 2.24) is 0 Å². The Bertz CT molecular complexity index is 339. The van der Waals surface area contributed by atoms with Crippen molar-refractivity contribution in [2.45, 2.75) is 20.8 Å². The van der Waals surface area contributed by atoms with Crippen LogP contribution in [0.5, 0.6) is 5.75 Å². The second-order valence-electron chi connectivity index (χ2n) is 3.34. The molecule has 1 aromatic rings. The number of phenolic OH excluding ortho intramolecular Hbond substituents is 1. The maximum atomic E-state index is 11.6. The van der Waals surface area contributed by atoms with Crippen LogP contribution >= 0.6 is 7.14 Å². The van der Waals surface area contributed by atoms with Gasteiger partial charge in [-0.25, -0.2) is 0 Å². The molecule has 1 rings (SSSR count). The van der Waals surface area contributed by atoms with Crippen molar-refractivity contribution in [3.05, 3.63) is 23.8 Å². The predicted molar refractivity (Wildman–Crippen MR) is 63.3 cm³/mol. The average molecular weight is 214 g/mol. The van der Waals surface area contributed by atoms with E-state index in [0.717, 1.165) is 5.56 Å². The molecule has 0 unspecified atom stereocenters. The smallest absolute Gasteiger partial charge is 0.126 e. The van der Waals surface area contributed by atoms with Gasteiger partial charge in [0.2, 0.25) is 0 Å². The molecule has 80 valence electrons. The van der Waals surface area contributed by atoms with Gasteiger partial charge in [0, 0.05) is 0 Å². The maximum Gasteiger partial charge on any atom is 0.126 e. The molecule has 0 aliphatic rings. The minimum absolute atomic E-state index is 0.133. The first-order chi connectivity index (χ1) is 6.41. The van der Waals surface area contributed by atoms with Crippen molar-refractivity contribution in [2.24, 2.45) is 0 Å². The third-order valence-corrected chi connectivity index (χ3v) is 3.23. The Labute approximate surface area is 86.3 Å². The van der Waals surface area contributed by atoms with E-state index in [0.29, 0.717) is 5.30 Å². The van der Waals surface area contributed by atoms with Crippen molar-refractivity contribution >= 4 is 12.4 Å². The molecular formula is C11H19O2P. The number of hydrogen-bond donors (Lipinski definition) is 1. The molecule has 2 nitrogen and oxygen atoms in total. The summed E-state index contributed by atoms with van der Waals surface area (Å²) in [6.07, 6.45) is 0. The molecule has 0 aliphatic heterocycles. The van der Waals surface area contributed by atoms with Crippen molar-refractivity contribution in [1.29, 1.82) is 0 Å². The van der Waals surface area contributed by atoms with Crippen LogP contribution in [-0.4, -0.2) is 18.4 Å². The molecule has 0 bridgehead atoms. The van der Waals surface area contributed by atoms with Gasteiger partial charge in [-0.15, -0.1) is 0 Å². The fourth-order valence-electron chi connectivity index (χ4n) is 1.06. The van der Waals surface area contributed by atoms with Gasteiger partial charge in [-0.2, -0.15) is 0 Å². The molecule has 14 heavy (non-hydrogen) atoms. The van der Waals surface area contributed by atoms with Crippen LogP contribution in [-0.2, 0) is 4.57 Å². The lowest BCUT2D eigenvalue weighted by molar-refractivity contribution is 0.478. The van der Waals surface area contributed by atoms with Gasteiger partial charge in [-0.3, -0.25) is 0 Å². The summed E-state index contributed by atoms with van der Waals surface area (Å²) in [5, 5.41) is 9.97. The third kappa shape index (κ3) is 3.55. The number of phenols is 1. The van der Waals surface area contributed by atoms with Gasteiger partial charge in [0.05, 0.1) is 5.30 Å². The molecule has 0 spiro atoms. The predicted octanol–water partition coefficient (Wildman–Crippen LogP) is 2.97. The summed E-state index contributed by atoms with van der Waals surface area (Å²) < 4.78 is 11.6. The third-order valence-electron chi connectivity index (χ3n) is 1.71. The Hall–Kier alpha value is -0.750. The lowest BCUT2D eigenvalue weighted by Crippen LogP contribution is -2.03. The Balaban J connectivity index is 0.000000791. The van der Waals surface area contributed by atoms with Crippen LogP contribution < -0.4 is 5.30 Å². The number of rotatable bonds is 1. The second kappa shape index (κ2) is 5.21. The molecule has 0 aromatic heterocycles. The minimum atomic E-state index is -2.33. The zero-order valence-electron chi connectivity index (χ0n) is 9.53. The van der Waals surface area contributed by atoms with Crippen LogP contribution in [0.25, 0.3) is 0 Å². The van der Waals surface area contributed by atoms with Gasteiger partial charge >= 0.3 is 0 Å². The highest BCUT2D eigenvalue weighted by atomic mass is 31.2. The Morgan fingerprint density at radius 2 is 1.71 bits per heavy atom. The van der Waals surface area contributed by atoms with E-state index in [1.54, 1.807) is 31.5 Å². The Morgan fingerprint density at radius 1 is 1.21 bits per heavy atom. The van der Waals surface area contributed by atoms with E-state index < -0.39 is 7.14 Å². The largest absolute Gasteiger partial charge is 0.507 e. The quantitative estimate of drug-likeness (QED) is 0.730. The van der Waals surface area contributed by atoms with Crippen LogP contribution in [0.2, 0.25) is 0 Å². The van der Waals surface area contributed by atoms with Crippen molar-refractivity contribution in [3.63, 3.8) is 0 Å². The van der Waals surface area contributed by atoms with Crippen LogP contribution in [0, 0.1) is 6.92 Å². The zero-order chi connectivity index (χ0) is 11.4. The number of aryl methyl sites for hydroxylation is 1. The highest BCUT2D eigenvalue weighted by Crippen LogP contribution is 2.38. The first-order valence-corrected chi connectivity index (χ1v) is 7.36. The SMILES string of the molecule is CC.Cc1ccc(O)c(P(C)(C)=O)c1. The van der Waals surface area contributed by atoms with E-state index in [4.69, 9.17) is 0 Å². The van der Waals surface area contributed by atoms with E-state index in [1.165, 1.54) is 0 Å². The molecule has 0 heterocycles. The fraction of sp³-hybridized carbons (Fsp3) is 0.455. The van der Waals surface area contributed by atoms with Crippen LogP contribution in [0.3, 0.4) is 0 Å². The summed E-state index contributed by atoms with van der Waals surface area (Å²) in [5.41, 5.74) is 1.02. The minimum Gasteiger partial charge on any atom is -0.507 e. The van der Waals surface area contributed by atoms with Crippen LogP contribution in [0.15, 0.2) is 18.2 Å². The highest BCUT2D eigenvalue weighted by molar-refractivity contribution is 7.70. The molecule has 0 saturated heterocycles. The first kappa shape index (κ1) is 13.2. The normalized spacial score (nSPS) is 10.4. The molecule has 3 heteroatoms. The lowest BCUT2D eigenvalue weighted by atomic mass is 10.2.